The van der Waals surface area contributed by atoms with Crippen molar-refractivity contribution in [3.8, 4) is 23.5 Å². The quantitative estimate of drug-likeness (QED) is 0.0436. The fraction of sp³-hybridized carbons (Fsp3) is 0.327. The summed E-state index contributed by atoms with van der Waals surface area (Å²) in [5.74, 6) is 4.53. The highest BCUT2D eigenvalue weighted by Crippen LogP contribution is 2.41. The summed E-state index contributed by atoms with van der Waals surface area (Å²) in [7, 11) is -12.8. The zero-order valence-electron chi connectivity index (χ0n) is 78.2. The molecule has 20 rings (SSSR count). The minimum absolute atomic E-state index is 0.0693. The zero-order valence-corrected chi connectivity index (χ0v) is 83.0. The Morgan fingerprint density at radius 1 is 0.317 bits per heavy atom. The molecule has 0 unspecified atom stereocenters. The number of aryl methyl sites for hydroxylation is 1. The average Bonchev–Trinajstić information content (AvgIpc) is 0.781. The highest BCUT2D eigenvalue weighted by atomic mass is 35.5. The van der Waals surface area contributed by atoms with Crippen molar-refractivity contribution in [1.82, 2.24) is 77.0 Å². The van der Waals surface area contributed by atoms with E-state index in [-0.39, 0.29) is 48.6 Å². The van der Waals surface area contributed by atoms with Crippen LogP contribution in [0.15, 0.2) is 225 Å². The van der Waals surface area contributed by atoms with Gasteiger partial charge in [-0.2, -0.15) is 9.97 Å². The van der Waals surface area contributed by atoms with E-state index in [1.165, 1.54) is 54.9 Å². The molecule has 16 aromatic rings. The lowest BCUT2D eigenvalue weighted by Crippen LogP contribution is -2.41. The normalized spacial score (nSPS) is 16.5. The van der Waals surface area contributed by atoms with Gasteiger partial charge in [0.15, 0.2) is 11.6 Å². The molecule has 0 bridgehead atoms. The summed E-state index contributed by atoms with van der Waals surface area (Å²) < 4.78 is 126. The van der Waals surface area contributed by atoms with Crippen molar-refractivity contribution in [2.45, 2.75) is 135 Å². The first-order valence-electron chi connectivity index (χ1n) is 46.1. The fourth-order valence-corrected chi connectivity index (χ4v) is 21.7. The van der Waals surface area contributed by atoms with Crippen molar-refractivity contribution in [3.05, 3.63) is 264 Å². The molecule has 139 heavy (non-hydrogen) atoms. The Balaban J connectivity index is 0.000000128. The molecular formula is C101H108Cl2N20O12S4. The number of ether oxygens (including phenoxy) is 4. The smallest absolute Gasteiger partial charge is 0.226 e. The minimum Gasteiger partial charge on any atom is -0.474 e. The number of fused-ring (bicyclic) bond motifs is 8. The number of benzene rings is 8. The summed E-state index contributed by atoms with van der Waals surface area (Å²) in [4.78, 5) is 55.2. The van der Waals surface area contributed by atoms with Crippen LogP contribution < -0.4 is 40.2 Å². The van der Waals surface area contributed by atoms with E-state index in [0.717, 1.165) is 104 Å². The van der Waals surface area contributed by atoms with E-state index >= 15 is 0 Å². The number of piperidine rings is 4. The van der Waals surface area contributed by atoms with Crippen molar-refractivity contribution < 1.29 is 52.6 Å². The van der Waals surface area contributed by atoms with Crippen LogP contribution >= 0.6 is 23.2 Å². The minimum atomic E-state index is -3.21. The van der Waals surface area contributed by atoms with Gasteiger partial charge in [0, 0.05) is 103 Å². The van der Waals surface area contributed by atoms with Gasteiger partial charge in [0.25, 0.3) is 0 Å². The summed E-state index contributed by atoms with van der Waals surface area (Å²) in [6, 6.07) is 64.2. The van der Waals surface area contributed by atoms with Crippen LogP contribution in [0.4, 0.5) is 23.0 Å². The van der Waals surface area contributed by atoms with Gasteiger partial charge in [-0.15, -0.1) is 0 Å². The molecule has 4 N–H and O–H groups in total. The Bertz CT molecular complexity index is 7140. The lowest BCUT2D eigenvalue weighted by Gasteiger charge is -2.30. The SMILES string of the molecule is C[C@H](Nc1ccnc2ccccc12)c1cc2cccc(Cl)c2c(OC2CCN(S(C)(=O)=O)CC2)n1.C[C@H](Nc1ncnc2ccccc12)c1nc(OC2CCN(S(C)(=O)=O)CC2)c2c(Cl)cccc2n1.C[C@H](Nc1ncnc2ccccc12)c1nc(OC2CCN(S(C)(=O)=O)CC2)c2ccccc2n1.Cc1cccc2cc([C@H](C)Nc3ccnc4ccccc34)nc(OC3CCN(S(C)(=O)=O)CC3)c12. The highest BCUT2D eigenvalue weighted by Gasteiger charge is 2.34. The number of hydrogen-bond donors (Lipinski definition) is 4. The van der Waals surface area contributed by atoms with Crippen molar-refractivity contribution >= 4 is 173 Å². The van der Waals surface area contributed by atoms with Crippen molar-refractivity contribution in [2.75, 3.05) is 98.6 Å². The molecule has 0 radical (unpaired) electrons. The van der Waals surface area contributed by atoms with Gasteiger partial charge in [-0.3, -0.25) is 9.97 Å². The molecule has 4 saturated heterocycles. The van der Waals surface area contributed by atoms with Crippen LogP contribution in [0.1, 0.15) is 132 Å². The van der Waals surface area contributed by atoms with Crippen molar-refractivity contribution in [1.29, 1.82) is 0 Å². The van der Waals surface area contributed by atoms with Crippen LogP contribution in [-0.2, 0) is 40.1 Å². The van der Waals surface area contributed by atoms with Gasteiger partial charge < -0.3 is 40.2 Å². The first-order valence-corrected chi connectivity index (χ1v) is 54.2. The maximum absolute atomic E-state index is 11.9. The number of halogens is 2. The highest BCUT2D eigenvalue weighted by molar-refractivity contribution is 7.89. The number of aromatic nitrogens is 12. The molecule has 4 aliphatic rings. The van der Waals surface area contributed by atoms with E-state index in [2.05, 4.69) is 96.2 Å². The molecule has 0 amide bonds. The van der Waals surface area contributed by atoms with Gasteiger partial charge >= 0.3 is 0 Å². The second-order valence-electron chi connectivity index (χ2n) is 35.3. The van der Waals surface area contributed by atoms with Gasteiger partial charge in [-0.25, -0.2) is 90.8 Å². The first-order chi connectivity index (χ1) is 66.8. The maximum Gasteiger partial charge on any atom is 0.226 e. The van der Waals surface area contributed by atoms with E-state index in [1.807, 2.05) is 190 Å². The third-order valence-corrected chi connectivity index (χ3v) is 31.0. The average molecular weight is 1990 g/mol. The molecule has 722 valence electrons. The van der Waals surface area contributed by atoms with Crippen molar-refractivity contribution in [2.24, 2.45) is 0 Å². The van der Waals surface area contributed by atoms with Crippen LogP contribution in [0.25, 0.3) is 87.0 Å². The van der Waals surface area contributed by atoms with Crippen LogP contribution in [-0.4, -0.2) is 212 Å². The number of rotatable bonds is 24. The first kappa shape index (κ1) is 98.0. The Morgan fingerprint density at radius 3 is 1.06 bits per heavy atom. The summed E-state index contributed by atoms with van der Waals surface area (Å²) in [6.45, 7) is 13.6. The third-order valence-electron chi connectivity index (χ3n) is 25.2. The van der Waals surface area contributed by atoms with E-state index in [1.54, 1.807) is 12.3 Å². The van der Waals surface area contributed by atoms with E-state index in [4.69, 9.17) is 72.1 Å². The largest absolute Gasteiger partial charge is 0.474 e. The number of anilines is 4. The number of hydrogen-bond acceptors (Lipinski definition) is 28. The molecular weight excluding hydrogens is 1880 g/mol. The topological polar surface area (TPSA) is 389 Å². The predicted molar refractivity (Wildman–Crippen MR) is 548 cm³/mol. The lowest BCUT2D eigenvalue weighted by atomic mass is 10.0. The Hall–Kier alpha value is -12.6. The molecule has 8 aromatic heterocycles. The Morgan fingerprint density at radius 2 is 0.640 bits per heavy atom. The maximum atomic E-state index is 11.9. The van der Waals surface area contributed by atoms with E-state index in [0.29, 0.717) is 171 Å². The molecule has 4 fully saturated rings. The summed E-state index contributed by atoms with van der Waals surface area (Å²) in [5.41, 5.74) is 9.82. The number of sulfonamides is 4. The van der Waals surface area contributed by atoms with Crippen LogP contribution in [0.2, 0.25) is 10.0 Å². The lowest BCUT2D eigenvalue weighted by molar-refractivity contribution is 0.131. The molecule has 8 aromatic carbocycles. The van der Waals surface area contributed by atoms with E-state index < -0.39 is 40.1 Å². The summed E-state index contributed by atoms with van der Waals surface area (Å²) in [6.07, 6.45) is 16.0. The molecule has 32 nitrogen and oxygen atoms in total. The molecule has 0 saturated carbocycles. The number of nitrogens with zero attached hydrogens (tertiary/aromatic N) is 16. The number of pyridine rings is 4. The van der Waals surface area contributed by atoms with Crippen LogP contribution in [0, 0.1) is 6.92 Å². The molecule has 0 aliphatic carbocycles. The standard InChI is InChI=1S/C27H30N4O3S.C26H27ClN4O3S.C24H25ClN6O3S.C24H26N6O3S/c1-18-7-6-8-20-17-25(19(2)29-24-11-14-28-23-10-5-4-9-22(23)24)30-27(26(18)20)34-21-12-15-31(16-13-21)35(3,32)33;1-17(29-23-10-13-28-22-9-4-3-7-20(22)23)24-16-18-6-5-8-21(27)25(18)26(30-24)34-19-11-14-31(15-12-19)35(2,32)33;1-15(28-23-17-6-3-4-8-19(17)26-14-27-23)22-29-20-9-5-7-18(25)21(20)24(30-22)34-16-10-12-31(13-11-16)35(2,32)33;1-16(27-23-18-7-3-5-9-20(18)25-15-26-23)22-28-21-10-6-4-8-19(21)24(29-22)33-17-11-13-30(14-12-17)34(2,31)32/h4-11,14,17,19,21H,12-13,15-16H2,1-3H3,(H,28,29);3-10,13,16-17,19H,11-12,14-15H2,1-2H3,(H,28,29);3-9,14-16H,10-13H2,1-2H3,(H,26,27,28);3-10,15-17H,11-14H2,1-2H3,(H,25,26,27)/t19-;17-;15-;16-/m0000/s1. The van der Waals surface area contributed by atoms with Gasteiger partial charge in [0.2, 0.25) is 63.6 Å². The number of para-hydroxylation sites is 5. The molecule has 38 heteroatoms. The summed E-state index contributed by atoms with van der Waals surface area (Å²) >= 11 is 13.1. The zero-order chi connectivity index (χ0) is 97.4. The van der Waals surface area contributed by atoms with Gasteiger partial charge in [-0.05, 0) is 193 Å². The second kappa shape index (κ2) is 42.6. The number of nitrogens with one attached hydrogen (secondary N) is 4. The fourth-order valence-electron chi connectivity index (χ4n) is 17.7. The summed E-state index contributed by atoms with van der Waals surface area (Å²) in [5, 5.41) is 24.2. The second-order valence-corrected chi connectivity index (χ2v) is 44.0. The van der Waals surface area contributed by atoms with Crippen LogP contribution in [0.3, 0.4) is 0 Å². The van der Waals surface area contributed by atoms with Gasteiger partial charge in [0.1, 0.15) is 48.7 Å². The van der Waals surface area contributed by atoms with Crippen molar-refractivity contribution in [3.63, 3.8) is 0 Å². The molecule has 4 aliphatic heterocycles. The monoisotopic (exact) mass is 1990 g/mol. The Labute approximate surface area is 817 Å². The van der Waals surface area contributed by atoms with E-state index in [9.17, 15) is 33.7 Å². The van der Waals surface area contributed by atoms with Gasteiger partial charge in [0.05, 0.1) is 120 Å². The molecule has 12 heterocycles. The third kappa shape index (κ3) is 23.6. The van der Waals surface area contributed by atoms with Crippen LogP contribution in [0.5, 0.6) is 23.5 Å². The predicted octanol–water partition coefficient (Wildman–Crippen LogP) is 18.2. The molecule has 4 atom stereocenters. The van der Waals surface area contributed by atoms with Gasteiger partial charge in [-0.1, -0.05) is 132 Å². The molecule has 0 spiro atoms. The Kier molecular flexibility index (Phi) is 30.0.